The number of anilines is 6. The first-order valence-corrected chi connectivity index (χ1v) is 21.8. The van der Waals surface area contributed by atoms with Crippen molar-refractivity contribution in [3.63, 3.8) is 0 Å². The highest BCUT2D eigenvalue weighted by molar-refractivity contribution is 7.00. The van der Waals surface area contributed by atoms with Gasteiger partial charge in [-0.05, 0) is 97.3 Å². The lowest BCUT2D eigenvalue weighted by molar-refractivity contribution is 1.25. The molecule has 0 aromatic heterocycles. The zero-order chi connectivity index (χ0) is 41.7. The van der Waals surface area contributed by atoms with E-state index in [4.69, 9.17) is 0 Å². The molecule has 2 aliphatic rings. The molecule has 63 heavy (non-hydrogen) atoms. The van der Waals surface area contributed by atoms with Gasteiger partial charge in [0.1, 0.15) is 0 Å². The Labute approximate surface area is 369 Å². The molecule has 3 heteroatoms. The maximum absolute atomic E-state index is 2.57. The van der Waals surface area contributed by atoms with Crippen molar-refractivity contribution in [1.29, 1.82) is 0 Å². The highest BCUT2D eigenvalue weighted by Crippen LogP contribution is 2.50. The van der Waals surface area contributed by atoms with E-state index < -0.39 is 0 Å². The molecule has 0 aliphatic carbocycles. The van der Waals surface area contributed by atoms with Crippen molar-refractivity contribution in [3.8, 4) is 55.6 Å². The van der Waals surface area contributed by atoms with Crippen molar-refractivity contribution >= 4 is 57.2 Å². The van der Waals surface area contributed by atoms with Gasteiger partial charge in [-0.25, -0.2) is 0 Å². The van der Waals surface area contributed by atoms with Crippen LogP contribution in [0.4, 0.5) is 34.1 Å². The SMILES string of the molecule is c1ccc(-c2cccc(N3c4cc(-c5ccccc5)cc5c4B(c4cccc(-c6ccccc6)c43)c3cccc(-c4ccccc4)c3N5c3cccc(-c4ccccc4)c3)c2)cc1. The number of para-hydroxylation sites is 2. The van der Waals surface area contributed by atoms with Gasteiger partial charge in [-0.2, -0.15) is 0 Å². The maximum atomic E-state index is 2.57. The Morgan fingerprint density at radius 3 is 0.984 bits per heavy atom. The summed E-state index contributed by atoms with van der Waals surface area (Å²) in [5.74, 6) is 0. The van der Waals surface area contributed by atoms with E-state index in [2.05, 4.69) is 259 Å². The van der Waals surface area contributed by atoms with Gasteiger partial charge in [-0.15, -0.1) is 0 Å². The van der Waals surface area contributed by atoms with Crippen LogP contribution >= 0.6 is 0 Å². The quantitative estimate of drug-likeness (QED) is 0.148. The molecule has 0 radical (unpaired) electrons. The first-order chi connectivity index (χ1) is 31.3. The average Bonchev–Trinajstić information content (AvgIpc) is 3.37. The minimum Gasteiger partial charge on any atom is -0.311 e. The molecule has 0 atom stereocenters. The third kappa shape index (κ3) is 6.28. The molecule has 12 rings (SSSR count). The summed E-state index contributed by atoms with van der Waals surface area (Å²) in [4.78, 5) is 5.13. The van der Waals surface area contributed by atoms with E-state index in [1.165, 1.54) is 89.2 Å². The fourth-order valence-electron chi connectivity index (χ4n) is 10.0. The summed E-state index contributed by atoms with van der Waals surface area (Å²) in [5, 5.41) is 0. The number of fused-ring (bicyclic) bond motifs is 4. The van der Waals surface area contributed by atoms with E-state index in [1.54, 1.807) is 0 Å². The lowest BCUT2D eigenvalue weighted by atomic mass is 9.33. The fraction of sp³-hybridized carbons (Fsp3) is 0. The molecule has 294 valence electrons. The Morgan fingerprint density at radius 1 is 0.254 bits per heavy atom. The molecule has 0 spiro atoms. The normalized spacial score (nSPS) is 12.3. The van der Waals surface area contributed by atoms with Crippen LogP contribution < -0.4 is 26.2 Å². The van der Waals surface area contributed by atoms with Crippen molar-refractivity contribution in [2.45, 2.75) is 0 Å². The molecule has 10 aromatic carbocycles. The minimum absolute atomic E-state index is 0.0562. The van der Waals surface area contributed by atoms with Gasteiger partial charge in [0.25, 0.3) is 6.71 Å². The summed E-state index contributed by atoms with van der Waals surface area (Å²) in [6, 6.07) is 91.2. The van der Waals surface area contributed by atoms with Gasteiger partial charge >= 0.3 is 0 Å². The van der Waals surface area contributed by atoms with Crippen LogP contribution in [0.25, 0.3) is 55.6 Å². The standard InChI is InChI=1S/C60H41BN2/c1-6-20-42(21-7-1)47-30-16-32-50(38-47)62-56-40-49(44-24-10-3-11-25-44)41-57-58(56)61(54-36-18-34-52(59(54)62)45-26-12-4-13-27-45)55-37-19-35-53(46-28-14-5-15-29-46)60(55)63(57)51-33-17-31-48(39-51)43-22-8-2-9-23-43/h1-41H. The second kappa shape index (κ2) is 15.4. The van der Waals surface area contributed by atoms with E-state index in [1.807, 2.05) is 0 Å². The van der Waals surface area contributed by atoms with Crippen LogP contribution in [0.3, 0.4) is 0 Å². The number of hydrogen-bond acceptors (Lipinski definition) is 2. The molecule has 0 saturated carbocycles. The van der Waals surface area contributed by atoms with Crippen molar-refractivity contribution < 1.29 is 0 Å². The largest absolute Gasteiger partial charge is 0.311 e. The Kier molecular flexibility index (Phi) is 8.97. The third-order valence-corrected chi connectivity index (χ3v) is 12.8. The summed E-state index contributed by atoms with van der Waals surface area (Å²) in [6.07, 6.45) is 0. The molecule has 0 fully saturated rings. The van der Waals surface area contributed by atoms with Crippen LogP contribution in [0, 0.1) is 0 Å². The van der Waals surface area contributed by atoms with Gasteiger partial charge in [0, 0.05) is 45.3 Å². The molecule has 0 bridgehead atoms. The predicted molar refractivity (Wildman–Crippen MR) is 268 cm³/mol. The first-order valence-electron chi connectivity index (χ1n) is 21.8. The maximum Gasteiger partial charge on any atom is 0.252 e. The summed E-state index contributed by atoms with van der Waals surface area (Å²) >= 11 is 0. The van der Waals surface area contributed by atoms with E-state index in [9.17, 15) is 0 Å². The summed E-state index contributed by atoms with van der Waals surface area (Å²) in [6.45, 7) is -0.0562. The molecule has 2 aliphatic heterocycles. The second-order valence-corrected chi connectivity index (χ2v) is 16.4. The molecule has 2 nitrogen and oxygen atoms in total. The Bertz CT molecular complexity index is 3080. The topological polar surface area (TPSA) is 6.48 Å². The molecule has 2 heterocycles. The van der Waals surface area contributed by atoms with E-state index in [0.717, 1.165) is 16.9 Å². The van der Waals surface area contributed by atoms with Gasteiger partial charge in [-0.1, -0.05) is 212 Å². The molecule has 0 amide bonds. The lowest BCUT2D eigenvalue weighted by Gasteiger charge is -2.45. The van der Waals surface area contributed by atoms with Crippen LogP contribution in [0.5, 0.6) is 0 Å². The lowest BCUT2D eigenvalue weighted by Crippen LogP contribution is -2.61. The van der Waals surface area contributed by atoms with Crippen molar-refractivity contribution in [2.24, 2.45) is 0 Å². The summed E-state index contributed by atoms with van der Waals surface area (Å²) in [5.41, 5.74) is 22.7. The third-order valence-electron chi connectivity index (χ3n) is 12.8. The van der Waals surface area contributed by atoms with Crippen molar-refractivity contribution in [2.75, 3.05) is 9.80 Å². The van der Waals surface area contributed by atoms with Crippen LogP contribution in [0.15, 0.2) is 249 Å². The molecule has 0 N–H and O–H groups in total. The Morgan fingerprint density at radius 2 is 0.587 bits per heavy atom. The number of nitrogens with zero attached hydrogens (tertiary/aromatic N) is 2. The smallest absolute Gasteiger partial charge is 0.252 e. The van der Waals surface area contributed by atoms with Crippen LogP contribution in [0.1, 0.15) is 0 Å². The zero-order valence-electron chi connectivity index (χ0n) is 34.6. The first kappa shape index (κ1) is 36.7. The average molecular weight is 801 g/mol. The van der Waals surface area contributed by atoms with E-state index in [0.29, 0.717) is 0 Å². The highest BCUT2D eigenvalue weighted by atomic mass is 15.2. The summed E-state index contributed by atoms with van der Waals surface area (Å²) in [7, 11) is 0. The minimum atomic E-state index is -0.0562. The molecule has 0 saturated heterocycles. The van der Waals surface area contributed by atoms with Gasteiger partial charge < -0.3 is 9.80 Å². The van der Waals surface area contributed by atoms with Crippen molar-refractivity contribution in [1.82, 2.24) is 0 Å². The number of rotatable bonds is 7. The molecule has 0 unspecified atom stereocenters. The van der Waals surface area contributed by atoms with E-state index >= 15 is 0 Å². The Balaban J connectivity index is 1.22. The Hall–Kier alpha value is -8.14. The van der Waals surface area contributed by atoms with Crippen LogP contribution in [0.2, 0.25) is 0 Å². The van der Waals surface area contributed by atoms with Gasteiger partial charge in [-0.3, -0.25) is 0 Å². The van der Waals surface area contributed by atoms with Gasteiger partial charge in [0.05, 0.1) is 0 Å². The van der Waals surface area contributed by atoms with Crippen LogP contribution in [-0.4, -0.2) is 6.71 Å². The monoisotopic (exact) mass is 800 g/mol. The van der Waals surface area contributed by atoms with E-state index in [-0.39, 0.29) is 6.71 Å². The predicted octanol–water partition coefficient (Wildman–Crippen LogP) is 14.1. The molecular formula is C60H41BN2. The summed E-state index contributed by atoms with van der Waals surface area (Å²) < 4.78 is 0. The molecular weight excluding hydrogens is 759 g/mol. The van der Waals surface area contributed by atoms with Gasteiger partial charge in [0.15, 0.2) is 0 Å². The van der Waals surface area contributed by atoms with Gasteiger partial charge in [0.2, 0.25) is 0 Å². The zero-order valence-corrected chi connectivity index (χ0v) is 34.6. The number of benzene rings is 10. The molecule has 10 aromatic rings. The highest BCUT2D eigenvalue weighted by Gasteiger charge is 2.45. The van der Waals surface area contributed by atoms with Crippen molar-refractivity contribution in [3.05, 3.63) is 249 Å². The number of hydrogen-bond donors (Lipinski definition) is 0. The fourth-order valence-corrected chi connectivity index (χ4v) is 10.0. The van der Waals surface area contributed by atoms with Crippen LogP contribution in [-0.2, 0) is 0 Å². The second-order valence-electron chi connectivity index (χ2n) is 16.4.